The molecule has 0 saturated heterocycles. The van der Waals surface area contributed by atoms with Crippen LogP contribution in [0.15, 0.2) is 85.3 Å². The van der Waals surface area contributed by atoms with Crippen LogP contribution in [0, 0.1) is 0 Å². The molecule has 2 aromatic carbocycles. The maximum atomic E-state index is 12.7. The zero-order chi connectivity index (χ0) is 22.6. The van der Waals surface area contributed by atoms with Gasteiger partial charge in [0.1, 0.15) is 11.4 Å². The highest BCUT2D eigenvalue weighted by atomic mass is 16.5. The molecule has 0 spiro atoms. The minimum Gasteiger partial charge on any atom is -0.497 e. The third-order valence-corrected chi connectivity index (χ3v) is 5.06. The number of nitrogens with one attached hydrogen (secondary N) is 3. The fourth-order valence-electron chi connectivity index (χ4n) is 3.46. The molecule has 0 atom stereocenters. The Kier molecular flexibility index (Phi) is 5.38. The highest BCUT2D eigenvalue weighted by Crippen LogP contribution is 2.24. The van der Waals surface area contributed by atoms with Crippen LogP contribution in [0.25, 0.3) is 22.2 Å². The van der Waals surface area contributed by atoms with Crippen molar-refractivity contribution in [1.82, 2.24) is 19.9 Å². The SMILES string of the molecule is COc1cccc(NC(=O)c2cc3cc(Nc4nccc(-c5cccnc5)n4)ccc3[nH]2)c1. The lowest BCUT2D eigenvalue weighted by molar-refractivity contribution is 0.102. The number of aromatic nitrogens is 4. The van der Waals surface area contributed by atoms with E-state index in [1.165, 1.54) is 0 Å². The minimum absolute atomic E-state index is 0.235. The van der Waals surface area contributed by atoms with Crippen LogP contribution >= 0.6 is 0 Å². The number of carbonyl (C=O) groups is 1. The van der Waals surface area contributed by atoms with Crippen molar-refractivity contribution in [3.05, 3.63) is 91.0 Å². The summed E-state index contributed by atoms with van der Waals surface area (Å²) >= 11 is 0. The van der Waals surface area contributed by atoms with E-state index in [1.807, 2.05) is 60.7 Å². The third-order valence-electron chi connectivity index (χ3n) is 5.06. The fourth-order valence-corrected chi connectivity index (χ4v) is 3.46. The number of aromatic amines is 1. The lowest BCUT2D eigenvalue weighted by Crippen LogP contribution is -2.12. The molecule has 5 aromatic rings. The van der Waals surface area contributed by atoms with E-state index in [4.69, 9.17) is 4.74 Å². The highest BCUT2D eigenvalue weighted by molar-refractivity contribution is 6.06. The van der Waals surface area contributed by atoms with Crippen molar-refractivity contribution in [2.45, 2.75) is 0 Å². The molecule has 33 heavy (non-hydrogen) atoms. The first kappa shape index (κ1) is 20.2. The van der Waals surface area contributed by atoms with Crippen molar-refractivity contribution in [3.8, 4) is 17.0 Å². The van der Waals surface area contributed by atoms with Crippen molar-refractivity contribution < 1.29 is 9.53 Å². The number of pyridine rings is 1. The number of methoxy groups -OCH3 is 1. The van der Waals surface area contributed by atoms with Crippen molar-refractivity contribution in [2.24, 2.45) is 0 Å². The molecule has 0 bridgehead atoms. The zero-order valence-electron chi connectivity index (χ0n) is 17.7. The Hall–Kier alpha value is -4.72. The monoisotopic (exact) mass is 436 g/mol. The molecule has 8 heteroatoms. The maximum absolute atomic E-state index is 12.7. The molecule has 0 saturated carbocycles. The summed E-state index contributed by atoms with van der Waals surface area (Å²) in [6.07, 6.45) is 5.19. The van der Waals surface area contributed by atoms with Gasteiger partial charge in [0.15, 0.2) is 0 Å². The van der Waals surface area contributed by atoms with Crippen LogP contribution < -0.4 is 15.4 Å². The molecule has 0 unspecified atom stereocenters. The van der Waals surface area contributed by atoms with E-state index in [-0.39, 0.29) is 5.91 Å². The molecule has 5 rings (SSSR count). The Balaban J connectivity index is 1.35. The van der Waals surface area contributed by atoms with E-state index in [2.05, 4.69) is 30.6 Å². The Labute approximate surface area is 189 Å². The van der Waals surface area contributed by atoms with Crippen LogP contribution in [0.3, 0.4) is 0 Å². The summed E-state index contributed by atoms with van der Waals surface area (Å²) in [5.41, 5.74) is 4.47. The van der Waals surface area contributed by atoms with Crippen LogP contribution in [0.1, 0.15) is 10.5 Å². The number of fused-ring (bicyclic) bond motifs is 1. The van der Waals surface area contributed by atoms with Crippen molar-refractivity contribution >= 4 is 34.1 Å². The van der Waals surface area contributed by atoms with Crippen molar-refractivity contribution in [1.29, 1.82) is 0 Å². The maximum Gasteiger partial charge on any atom is 0.272 e. The third kappa shape index (κ3) is 4.49. The highest BCUT2D eigenvalue weighted by Gasteiger charge is 2.11. The van der Waals surface area contributed by atoms with Crippen LogP contribution in [0.5, 0.6) is 5.75 Å². The molecule has 0 aliphatic heterocycles. The molecule has 1 amide bonds. The Bertz CT molecular complexity index is 1430. The number of rotatable bonds is 6. The molecule has 8 nitrogen and oxygen atoms in total. The number of hydrogen-bond donors (Lipinski definition) is 3. The molecule has 0 radical (unpaired) electrons. The molecule has 3 N–H and O–H groups in total. The van der Waals surface area contributed by atoms with Crippen molar-refractivity contribution in [3.63, 3.8) is 0 Å². The molecular weight excluding hydrogens is 416 g/mol. The number of nitrogens with zero attached hydrogens (tertiary/aromatic N) is 3. The van der Waals surface area contributed by atoms with E-state index in [0.717, 1.165) is 27.8 Å². The first-order chi connectivity index (χ1) is 16.2. The van der Waals surface area contributed by atoms with Crippen molar-refractivity contribution in [2.75, 3.05) is 17.7 Å². The van der Waals surface area contributed by atoms with E-state index in [9.17, 15) is 4.79 Å². The second kappa shape index (κ2) is 8.80. The second-order valence-electron chi connectivity index (χ2n) is 7.30. The summed E-state index contributed by atoms with van der Waals surface area (Å²) < 4.78 is 5.21. The number of hydrogen-bond acceptors (Lipinski definition) is 6. The summed E-state index contributed by atoms with van der Waals surface area (Å²) in [6, 6.07) is 20.4. The number of carbonyl (C=O) groups excluding carboxylic acids is 1. The smallest absolute Gasteiger partial charge is 0.272 e. The van der Waals surface area contributed by atoms with E-state index < -0.39 is 0 Å². The molecular formula is C25H20N6O2. The fraction of sp³-hybridized carbons (Fsp3) is 0.0400. The van der Waals surface area contributed by atoms with E-state index in [0.29, 0.717) is 23.1 Å². The van der Waals surface area contributed by atoms with Gasteiger partial charge in [-0.2, -0.15) is 0 Å². The van der Waals surface area contributed by atoms with Gasteiger partial charge in [-0.05, 0) is 54.6 Å². The molecule has 0 aliphatic rings. The Morgan fingerprint density at radius 3 is 2.76 bits per heavy atom. The molecule has 3 heterocycles. The Morgan fingerprint density at radius 1 is 0.970 bits per heavy atom. The van der Waals surface area contributed by atoms with Gasteiger partial charge in [-0.1, -0.05) is 6.07 Å². The van der Waals surface area contributed by atoms with Crippen LogP contribution in [0.4, 0.5) is 17.3 Å². The lowest BCUT2D eigenvalue weighted by atomic mass is 10.2. The zero-order valence-corrected chi connectivity index (χ0v) is 17.7. The number of ether oxygens (including phenoxy) is 1. The van der Waals surface area contributed by atoms with Gasteiger partial charge in [0, 0.05) is 52.5 Å². The lowest BCUT2D eigenvalue weighted by Gasteiger charge is -2.06. The van der Waals surface area contributed by atoms with Gasteiger partial charge >= 0.3 is 0 Å². The van der Waals surface area contributed by atoms with E-state index in [1.54, 1.807) is 31.8 Å². The van der Waals surface area contributed by atoms with E-state index >= 15 is 0 Å². The first-order valence-electron chi connectivity index (χ1n) is 10.3. The van der Waals surface area contributed by atoms with Gasteiger partial charge in [-0.15, -0.1) is 0 Å². The van der Waals surface area contributed by atoms with Gasteiger partial charge in [0.25, 0.3) is 5.91 Å². The Morgan fingerprint density at radius 2 is 1.91 bits per heavy atom. The summed E-state index contributed by atoms with van der Waals surface area (Å²) in [5, 5.41) is 6.99. The number of amides is 1. The summed E-state index contributed by atoms with van der Waals surface area (Å²) in [4.78, 5) is 28.9. The largest absolute Gasteiger partial charge is 0.497 e. The summed E-state index contributed by atoms with van der Waals surface area (Å²) in [7, 11) is 1.59. The summed E-state index contributed by atoms with van der Waals surface area (Å²) in [5.74, 6) is 0.915. The standard InChI is InChI=1S/C25H20N6O2/c1-33-20-6-2-5-18(14-20)28-24(32)23-13-17-12-19(7-8-21(17)30-23)29-25-27-11-9-22(31-25)16-4-3-10-26-15-16/h2-15,30H,1H3,(H,28,32)(H,27,29,31). The number of anilines is 3. The first-order valence-corrected chi connectivity index (χ1v) is 10.3. The number of benzene rings is 2. The average molecular weight is 436 g/mol. The minimum atomic E-state index is -0.235. The topological polar surface area (TPSA) is 105 Å². The molecule has 0 fully saturated rings. The molecule has 3 aromatic heterocycles. The van der Waals surface area contributed by atoms with Gasteiger partial charge in [-0.3, -0.25) is 9.78 Å². The second-order valence-corrected chi connectivity index (χ2v) is 7.30. The molecule has 0 aliphatic carbocycles. The summed E-state index contributed by atoms with van der Waals surface area (Å²) in [6.45, 7) is 0. The van der Waals surface area contributed by atoms with Crippen LogP contribution in [-0.4, -0.2) is 33.0 Å². The van der Waals surface area contributed by atoms with Gasteiger partial charge < -0.3 is 20.4 Å². The van der Waals surface area contributed by atoms with Crippen LogP contribution in [-0.2, 0) is 0 Å². The number of H-pyrrole nitrogens is 1. The van der Waals surface area contributed by atoms with Gasteiger partial charge in [0.05, 0.1) is 12.8 Å². The predicted molar refractivity (Wildman–Crippen MR) is 128 cm³/mol. The average Bonchev–Trinajstić information content (AvgIpc) is 3.29. The van der Waals surface area contributed by atoms with Gasteiger partial charge in [-0.25, -0.2) is 9.97 Å². The van der Waals surface area contributed by atoms with Gasteiger partial charge in [0.2, 0.25) is 5.95 Å². The molecule has 162 valence electrons. The normalized spacial score (nSPS) is 10.7. The van der Waals surface area contributed by atoms with Crippen LogP contribution in [0.2, 0.25) is 0 Å². The quantitative estimate of drug-likeness (QED) is 0.345. The predicted octanol–water partition coefficient (Wildman–Crippen LogP) is 5.02.